The van der Waals surface area contributed by atoms with Crippen molar-refractivity contribution in [2.24, 2.45) is 5.92 Å². The maximum atomic E-state index is 11.5. The number of carboxylic acid groups (broad SMARTS) is 1. The molecule has 0 unspecified atom stereocenters. The quantitative estimate of drug-likeness (QED) is 0.886. The third-order valence-corrected chi connectivity index (χ3v) is 3.92. The molecule has 2 rings (SSSR count). The van der Waals surface area contributed by atoms with Crippen LogP contribution in [0.5, 0.6) is 0 Å². The first-order chi connectivity index (χ1) is 8.59. The number of aliphatic hydroxyl groups excluding tert-OH is 1. The predicted molar refractivity (Wildman–Crippen MR) is 69.8 cm³/mol. The molecule has 98 valence electrons. The van der Waals surface area contributed by atoms with Gasteiger partial charge in [0.1, 0.15) is 0 Å². The van der Waals surface area contributed by atoms with Crippen LogP contribution in [0.3, 0.4) is 0 Å². The summed E-state index contributed by atoms with van der Waals surface area (Å²) < 4.78 is 0. The number of hydrogen-bond acceptors (Lipinski definition) is 2. The van der Waals surface area contributed by atoms with E-state index in [1.54, 1.807) is 24.3 Å². The Morgan fingerprint density at radius 3 is 2.67 bits per heavy atom. The highest BCUT2D eigenvalue weighted by Gasteiger charge is 2.36. The summed E-state index contributed by atoms with van der Waals surface area (Å²) in [6, 6.07) is 6.93. The summed E-state index contributed by atoms with van der Waals surface area (Å²) in [6.07, 6.45) is 2.87. The second-order valence-electron chi connectivity index (χ2n) is 4.89. The van der Waals surface area contributed by atoms with E-state index in [0.717, 1.165) is 19.3 Å². The van der Waals surface area contributed by atoms with Crippen LogP contribution in [0.15, 0.2) is 24.3 Å². The summed E-state index contributed by atoms with van der Waals surface area (Å²) in [5, 5.41) is 20.0. The first-order valence-electron chi connectivity index (χ1n) is 6.26. The molecule has 2 N–H and O–H groups in total. The van der Waals surface area contributed by atoms with Gasteiger partial charge in [-0.05, 0) is 30.5 Å². The maximum absolute atomic E-state index is 11.5. The summed E-state index contributed by atoms with van der Waals surface area (Å²) in [6.45, 7) is 0. The SMILES string of the molecule is O=C(O)[C@H](c1cccc(Cl)c1)[C@H]1CCCC[C@@H]1O. The number of halogens is 1. The Hall–Kier alpha value is -1.06. The second-order valence-corrected chi connectivity index (χ2v) is 5.32. The van der Waals surface area contributed by atoms with Crippen LogP contribution in [0.2, 0.25) is 5.02 Å². The Kier molecular flexibility index (Phi) is 4.25. The Bertz CT molecular complexity index is 433. The molecule has 1 aliphatic rings. The van der Waals surface area contributed by atoms with E-state index in [1.807, 2.05) is 0 Å². The molecule has 0 heterocycles. The van der Waals surface area contributed by atoms with Crippen LogP contribution in [-0.4, -0.2) is 22.3 Å². The van der Waals surface area contributed by atoms with E-state index >= 15 is 0 Å². The third kappa shape index (κ3) is 2.85. The molecule has 0 aliphatic heterocycles. The van der Waals surface area contributed by atoms with Gasteiger partial charge in [-0.1, -0.05) is 36.6 Å². The first-order valence-corrected chi connectivity index (χ1v) is 6.63. The van der Waals surface area contributed by atoms with Crippen molar-refractivity contribution in [3.63, 3.8) is 0 Å². The minimum atomic E-state index is -0.886. The number of benzene rings is 1. The molecule has 18 heavy (non-hydrogen) atoms. The molecule has 4 heteroatoms. The molecule has 1 aromatic rings. The largest absolute Gasteiger partial charge is 0.481 e. The Labute approximate surface area is 111 Å². The van der Waals surface area contributed by atoms with E-state index in [0.29, 0.717) is 17.0 Å². The topological polar surface area (TPSA) is 57.5 Å². The highest BCUT2D eigenvalue weighted by atomic mass is 35.5. The summed E-state index contributed by atoms with van der Waals surface area (Å²) in [5.74, 6) is -1.77. The van der Waals surface area contributed by atoms with Gasteiger partial charge in [0.2, 0.25) is 0 Å². The number of carbonyl (C=O) groups is 1. The lowest BCUT2D eigenvalue weighted by molar-refractivity contribution is -0.142. The van der Waals surface area contributed by atoms with E-state index in [1.165, 1.54) is 0 Å². The lowest BCUT2D eigenvalue weighted by Gasteiger charge is -2.32. The van der Waals surface area contributed by atoms with Crippen LogP contribution < -0.4 is 0 Å². The van der Waals surface area contributed by atoms with Crippen molar-refractivity contribution >= 4 is 17.6 Å². The molecule has 1 saturated carbocycles. The molecule has 0 bridgehead atoms. The maximum Gasteiger partial charge on any atom is 0.311 e. The molecular formula is C14H17ClO3. The molecule has 0 aromatic heterocycles. The van der Waals surface area contributed by atoms with Crippen LogP contribution in [0.4, 0.5) is 0 Å². The van der Waals surface area contributed by atoms with Gasteiger partial charge in [-0.15, -0.1) is 0 Å². The lowest BCUT2D eigenvalue weighted by atomic mass is 9.75. The number of carboxylic acids is 1. The molecule has 1 aliphatic carbocycles. The van der Waals surface area contributed by atoms with Gasteiger partial charge < -0.3 is 10.2 Å². The first kappa shape index (κ1) is 13.4. The molecule has 1 aromatic carbocycles. The summed E-state index contributed by atoms with van der Waals surface area (Å²) in [7, 11) is 0. The fourth-order valence-electron chi connectivity index (χ4n) is 2.80. The minimum absolute atomic E-state index is 0.213. The lowest BCUT2D eigenvalue weighted by Crippen LogP contribution is -2.33. The van der Waals surface area contributed by atoms with Gasteiger partial charge in [0, 0.05) is 10.9 Å². The average Bonchev–Trinajstić information content (AvgIpc) is 2.32. The fraction of sp³-hybridized carbons (Fsp3) is 0.500. The predicted octanol–water partition coefficient (Wildman–Crippen LogP) is 3.06. The van der Waals surface area contributed by atoms with Gasteiger partial charge in [-0.25, -0.2) is 0 Å². The number of aliphatic carboxylic acids is 1. The monoisotopic (exact) mass is 268 g/mol. The normalized spacial score (nSPS) is 25.7. The Morgan fingerprint density at radius 1 is 1.33 bits per heavy atom. The molecule has 0 amide bonds. The van der Waals surface area contributed by atoms with Crippen molar-refractivity contribution in [1.29, 1.82) is 0 Å². The van der Waals surface area contributed by atoms with E-state index in [-0.39, 0.29) is 5.92 Å². The molecule has 0 radical (unpaired) electrons. The molecule has 0 saturated heterocycles. The Morgan fingerprint density at radius 2 is 2.06 bits per heavy atom. The zero-order valence-electron chi connectivity index (χ0n) is 10.1. The highest BCUT2D eigenvalue weighted by molar-refractivity contribution is 6.30. The Balaban J connectivity index is 2.30. The van der Waals surface area contributed by atoms with Crippen molar-refractivity contribution < 1.29 is 15.0 Å². The van der Waals surface area contributed by atoms with Crippen LogP contribution in [-0.2, 0) is 4.79 Å². The number of hydrogen-bond donors (Lipinski definition) is 2. The molecule has 1 fully saturated rings. The molecule has 3 atom stereocenters. The van der Waals surface area contributed by atoms with Crippen molar-refractivity contribution in [1.82, 2.24) is 0 Å². The zero-order valence-corrected chi connectivity index (χ0v) is 10.8. The fourth-order valence-corrected chi connectivity index (χ4v) is 3.00. The summed E-state index contributed by atoms with van der Waals surface area (Å²) in [4.78, 5) is 11.5. The standard InChI is InChI=1S/C14H17ClO3/c15-10-5-3-4-9(8-10)13(14(17)18)11-6-1-2-7-12(11)16/h3-5,8,11-13,16H,1-2,6-7H2,(H,17,18)/t11-,12-,13+/m0/s1. The van der Waals surface area contributed by atoms with Crippen molar-refractivity contribution in [2.45, 2.75) is 37.7 Å². The van der Waals surface area contributed by atoms with E-state index in [4.69, 9.17) is 11.6 Å². The summed E-state index contributed by atoms with van der Waals surface area (Å²) >= 11 is 5.91. The molecule has 0 spiro atoms. The van der Waals surface area contributed by atoms with Crippen molar-refractivity contribution in [3.8, 4) is 0 Å². The van der Waals surface area contributed by atoms with Gasteiger partial charge in [0.05, 0.1) is 12.0 Å². The zero-order chi connectivity index (χ0) is 13.1. The van der Waals surface area contributed by atoms with Gasteiger partial charge in [-0.3, -0.25) is 4.79 Å². The molecular weight excluding hydrogens is 252 g/mol. The number of rotatable bonds is 3. The van der Waals surface area contributed by atoms with Gasteiger partial charge in [0.15, 0.2) is 0 Å². The second kappa shape index (κ2) is 5.72. The van der Waals surface area contributed by atoms with Crippen LogP contribution in [0.1, 0.15) is 37.2 Å². The van der Waals surface area contributed by atoms with Gasteiger partial charge >= 0.3 is 5.97 Å². The van der Waals surface area contributed by atoms with Gasteiger partial charge in [0.25, 0.3) is 0 Å². The smallest absolute Gasteiger partial charge is 0.311 e. The van der Waals surface area contributed by atoms with E-state index in [9.17, 15) is 15.0 Å². The highest BCUT2D eigenvalue weighted by Crippen LogP contribution is 2.37. The molecule has 3 nitrogen and oxygen atoms in total. The van der Waals surface area contributed by atoms with E-state index < -0.39 is 18.0 Å². The summed E-state index contributed by atoms with van der Waals surface area (Å²) in [5.41, 5.74) is 0.681. The van der Waals surface area contributed by atoms with Gasteiger partial charge in [-0.2, -0.15) is 0 Å². The van der Waals surface area contributed by atoms with E-state index in [2.05, 4.69) is 0 Å². The average molecular weight is 269 g/mol. The van der Waals surface area contributed by atoms with Crippen molar-refractivity contribution in [3.05, 3.63) is 34.9 Å². The minimum Gasteiger partial charge on any atom is -0.481 e. The van der Waals surface area contributed by atoms with Crippen LogP contribution >= 0.6 is 11.6 Å². The van der Waals surface area contributed by atoms with Crippen LogP contribution in [0.25, 0.3) is 0 Å². The third-order valence-electron chi connectivity index (χ3n) is 3.68. The number of aliphatic hydroxyl groups is 1. The van der Waals surface area contributed by atoms with Crippen molar-refractivity contribution in [2.75, 3.05) is 0 Å². The van der Waals surface area contributed by atoms with Crippen LogP contribution in [0, 0.1) is 5.92 Å².